The molecule has 9 nitrogen and oxygen atoms in total. The average Bonchev–Trinajstić information content (AvgIpc) is 3.29. The molecule has 1 saturated heterocycles. The molecular formula is C20H23ClN6O3S. The van der Waals surface area contributed by atoms with Crippen LogP contribution in [0, 0.1) is 0 Å². The number of aromatic nitrogens is 4. The highest BCUT2D eigenvalue weighted by molar-refractivity contribution is 7.16. The van der Waals surface area contributed by atoms with Crippen LogP contribution in [0.4, 0.5) is 4.79 Å². The second-order valence-electron chi connectivity index (χ2n) is 8.32. The van der Waals surface area contributed by atoms with Crippen LogP contribution in [0.3, 0.4) is 0 Å². The summed E-state index contributed by atoms with van der Waals surface area (Å²) in [6, 6.07) is 1.44. The van der Waals surface area contributed by atoms with Crippen LogP contribution in [-0.4, -0.2) is 61.2 Å². The first-order valence-corrected chi connectivity index (χ1v) is 11.2. The van der Waals surface area contributed by atoms with Crippen LogP contribution in [0.2, 0.25) is 5.15 Å². The number of alkyl carbamates (subject to hydrolysis) is 1. The molecule has 0 unspecified atom stereocenters. The van der Waals surface area contributed by atoms with Gasteiger partial charge < -0.3 is 15.0 Å². The quantitative estimate of drug-likeness (QED) is 0.596. The van der Waals surface area contributed by atoms with E-state index in [9.17, 15) is 9.59 Å². The molecule has 2 amide bonds. The van der Waals surface area contributed by atoms with Crippen molar-refractivity contribution in [3.8, 4) is 11.4 Å². The second-order valence-corrected chi connectivity index (χ2v) is 9.61. The summed E-state index contributed by atoms with van der Waals surface area (Å²) in [5.41, 5.74) is 0.422. The van der Waals surface area contributed by atoms with E-state index >= 15 is 0 Å². The fraction of sp³-hybridized carbons (Fsp3) is 0.450. The summed E-state index contributed by atoms with van der Waals surface area (Å²) in [4.78, 5) is 36.4. The lowest BCUT2D eigenvalue weighted by atomic mass is 10.0. The van der Waals surface area contributed by atoms with Crippen molar-refractivity contribution in [3.05, 3.63) is 34.7 Å². The number of amides is 2. The zero-order chi connectivity index (χ0) is 22.2. The minimum absolute atomic E-state index is 0.0389. The summed E-state index contributed by atoms with van der Waals surface area (Å²) < 4.78 is 7.03. The third-order valence-electron chi connectivity index (χ3n) is 4.79. The second kappa shape index (κ2) is 8.43. The molecule has 3 aromatic rings. The van der Waals surface area contributed by atoms with Crippen molar-refractivity contribution in [2.45, 2.75) is 45.3 Å². The number of piperidine rings is 1. The third kappa shape index (κ3) is 4.96. The Morgan fingerprint density at radius 2 is 2.00 bits per heavy atom. The number of halogens is 1. The van der Waals surface area contributed by atoms with Crippen molar-refractivity contribution in [2.24, 2.45) is 0 Å². The number of carbonyl (C=O) groups is 2. The van der Waals surface area contributed by atoms with Crippen molar-refractivity contribution in [3.63, 3.8) is 0 Å². The molecule has 164 valence electrons. The molecule has 0 atom stereocenters. The predicted molar refractivity (Wildman–Crippen MR) is 117 cm³/mol. The van der Waals surface area contributed by atoms with E-state index in [2.05, 4.69) is 20.4 Å². The summed E-state index contributed by atoms with van der Waals surface area (Å²) in [5, 5.41) is 9.25. The van der Waals surface area contributed by atoms with E-state index in [-0.39, 0.29) is 22.8 Å². The normalized spacial score (nSPS) is 15.3. The summed E-state index contributed by atoms with van der Waals surface area (Å²) in [6.07, 6.45) is 4.34. The molecule has 0 bridgehead atoms. The van der Waals surface area contributed by atoms with Gasteiger partial charge in [-0.1, -0.05) is 11.6 Å². The number of carbonyl (C=O) groups excluding carboxylic acids is 2. The van der Waals surface area contributed by atoms with Crippen molar-refractivity contribution in [1.82, 2.24) is 29.8 Å². The van der Waals surface area contributed by atoms with Crippen molar-refractivity contribution in [1.29, 1.82) is 0 Å². The van der Waals surface area contributed by atoms with E-state index in [1.165, 1.54) is 17.4 Å². The van der Waals surface area contributed by atoms with Gasteiger partial charge in [0.25, 0.3) is 5.91 Å². The fourth-order valence-electron chi connectivity index (χ4n) is 3.39. The number of nitrogens with zero attached hydrogens (tertiary/aromatic N) is 5. The average molecular weight is 463 g/mol. The van der Waals surface area contributed by atoms with Crippen LogP contribution in [0.5, 0.6) is 0 Å². The van der Waals surface area contributed by atoms with Gasteiger partial charge in [-0.2, -0.15) is 5.10 Å². The maximum atomic E-state index is 13.1. The lowest BCUT2D eigenvalue weighted by Gasteiger charge is -2.32. The van der Waals surface area contributed by atoms with Gasteiger partial charge in [0.05, 0.1) is 11.8 Å². The fourth-order valence-corrected chi connectivity index (χ4v) is 4.37. The standard InChI is InChI=1S/C20H23ClN6O3S/c1-20(2,3)30-19(29)23-12-4-6-26(7-5-12)17(28)14-10-15(21)25-16(24-14)13-11-22-27-8-9-31-18(13)27/h8-12H,4-7H2,1-3H3,(H,23,29). The maximum absolute atomic E-state index is 13.1. The van der Waals surface area contributed by atoms with Crippen molar-refractivity contribution in [2.75, 3.05) is 13.1 Å². The van der Waals surface area contributed by atoms with E-state index in [0.717, 1.165) is 10.4 Å². The number of nitrogens with one attached hydrogen (secondary N) is 1. The first-order chi connectivity index (χ1) is 14.7. The minimum Gasteiger partial charge on any atom is -0.444 e. The molecule has 4 rings (SSSR count). The van der Waals surface area contributed by atoms with E-state index in [4.69, 9.17) is 16.3 Å². The van der Waals surface area contributed by atoms with Gasteiger partial charge in [0.15, 0.2) is 5.82 Å². The molecule has 0 saturated carbocycles. The Labute approximate surface area is 188 Å². The van der Waals surface area contributed by atoms with E-state index in [1.807, 2.05) is 32.3 Å². The molecule has 0 aromatic carbocycles. The summed E-state index contributed by atoms with van der Waals surface area (Å²) in [5.74, 6) is 0.158. The molecule has 31 heavy (non-hydrogen) atoms. The highest BCUT2D eigenvalue weighted by Crippen LogP contribution is 2.27. The van der Waals surface area contributed by atoms with Crippen LogP contribution >= 0.6 is 22.9 Å². The van der Waals surface area contributed by atoms with Crippen LogP contribution in [-0.2, 0) is 4.74 Å². The van der Waals surface area contributed by atoms with E-state index in [0.29, 0.717) is 31.8 Å². The largest absolute Gasteiger partial charge is 0.444 e. The number of ether oxygens (including phenoxy) is 1. The summed E-state index contributed by atoms with van der Waals surface area (Å²) in [7, 11) is 0. The summed E-state index contributed by atoms with van der Waals surface area (Å²) in [6.45, 7) is 6.46. The molecule has 11 heteroatoms. The number of likely N-dealkylation sites (tertiary alicyclic amines) is 1. The molecule has 4 heterocycles. The van der Waals surface area contributed by atoms with Gasteiger partial charge >= 0.3 is 6.09 Å². The lowest BCUT2D eigenvalue weighted by Crippen LogP contribution is -2.47. The Morgan fingerprint density at radius 1 is 1.26 bits per heavy atom. The lowest BCUT2D eigenvalue weighted by molar-refractivity contribution is 0.0473. The molecule has 0 radical (unpaired) electrons. The van der Waals surface area contributed by atoms with E-state index < -0.39 is 11.7 Å². The topological polar surface area (TPSA) is 102 Å². The molecule has 1 N–H and O–H groups in total. The van der Waals surface area contributed by atoms with Gasteiger partial charge in [0.1, 0.15) is 21.3 Å². The molecule has 3 aromatic heterocycles. The molecule has 0 spiro atoms. The Balaban J connectivity index is 1.43. The SMILES string of the molecule is CC(C)(C)OC(=O)NC1CCN(C(=O)c2cc(Cl)nc(-c3cnn4ccsc34)n2)CC1. The highest BCUT2D eigenvalue weighted by atomic mass is 35.5. The Kier molecular flexibility index (Phi) is 5.85. The molecule has 1 aliphatic heterocycles. The number of thiazole rings is 1. The minimum atomic E-state index is -0.546. The number of hydrogen-bond donors (Lipinski definition) is 1. The van der Waals surface area contributed by atoms with Crippen LogP contribution in [0.15, 0.2) is 23.8 Å². The number of rotatable bonds is 3. The van der Waals surface area contributed by atoms with Gasteiger partial charge in [-0.3, -0.25) is 4.79 Å². The highest BCUT2D eigenvalue weighted by Gasteiger charge is 2.27. The molecule has 1 fully saturated rings. The van der Waals surface area contributed by atoms with Crippen LogP contribution < -0.4 is 5.32 Å². The summed E-state index contributed by atoms with van der Waals surface area (Å²) >= 11 is 7.71. The molecule has 0 aliphatic carbocycles. The van der Waals surface area contributed by atoms with Gasteiger partial charge in [0.2, 0.25) is 0 Å². The first-order valence-electron chi connectivity index (χ1n) is 9.94. The third-order valence-corrected chi connectivity index (χ3v) is 5.87. The molecular weight excluding hydrogens is 440 g/mol. The Morgan fingerprint density at radius 3 is 2.71 bits per heavy atom. The Bertz CT molecular complexity index is 1110. The van der Waals surface area contributed by atoms with Crippen LogP contribution in [0.25, 0.3) is 16.2 Å². The van der Waals surface area contributed by atoms with Crippen molar-refractivity contribution >= 4 is 39.8 Å². The first kappa shape index (κ1) is 21.5. The van der Waals surface area contributed by atoms with Crippen LogP contribution in [0.1, 0.15) is 44.1 Å². The van der Waals surface area contributed by atoms with E-state index in [1.54, 1.807) is 15.6 Å². The van der Waals surface area contributed by atoms with Gasteiger partial charge in [0, 0.05) is 36.8 Å². The van der Waals surface area contributed by atoms with Gasteiger partial charge in [-0.15, -0.1) is 11.3 Å². The molecule has 1 aliphatic rings. The number of fused-ring (bicyclic) bond motifs is 1. The zero-order valence-corrected chi connectivity index (χ0v) is 19.0. The zero-order valence-electron chi connectivity index (χ0n) is 17.5. The smallest absolute Gasteiger partial charge is 0.407 e. The Hall–Kier alpha value is -2.72. The number of hydrogen-bond acceptors (Lipinski definition) is 7. The monoisotopic (exact) mass is 462 g/mol. The van der Waals surface area contributed by atoms with Gasteiger partial charge in [-0.05, 0) is 33.6 Å². The predicted octanol–water partition coefficient (Wildman–Crippen LogP) is 3.64. The van der Waals surface area contributed by atoms with Crippen molar-refractivity contribution < 1.29 is 14.3 Å². The maximum Gasteiger partial charge on any atom is 0.407 e. The van der Waals surface area contributed by atoms with Gasteiger partial charge in [-0.25, -0.2) is 19.3 Å².